The largest absolute Gasteiger partial charge is 0.437 e. The zero-order valence-corrected chi connectivity index (χ0v) is 17.2. The summed E-state index contributed by atoms with van der Waals surface area (Å²) in [6.07, 6.45) is 6.65. The summed E-state index contributed by atoms with van der Waals surface area (Å²) in [5.41, 5.74) is 1.90. The zero-order valence-electron chi connectivity index (χ0n) is 16.4. The molecule has 1 fully saturated rings. The second-order valence-corrected chi connectivity index (χ2v) is 8.12. The van der Waals surface area contributed by atoms with Crippen molar-refractivity contribution < 1.29 is 9.53 Å². The van der Waals surface area contributed by atoms with Crippen LogP contribution < -0.4 is 4.74 Å². The Hall–Kier alpha value is -2.86. The highest BCUT2D eigenvalue weighted by molar-refractivity contribution is 7.99. The van der Waals surface area contributed by atoms with E-state index in [0.717, 1.165) is 30.8 Å². The first kappa shape index (κ1) is 19.5. The average Bonchev–Trinajstić information content (AvgIpc) is 2.77. The van der Waals surface area contributed by atoms with E-state index in [1.54, 1.807) is 12.4 Å². The van der Waals surface area contributed by atoms with E-state index in [2.05, 4.69) is 41.2 Å². The molecule has 1 aliphatic heterocycles. The minimum Gasteiger partial charge on any atom is -0.437 e. The molecule has 1 saturated heterocycles. The third-order valence-electron chi connectivity index (χ3n) is 4.83. The minimum absolute atomic E-state index is 0.0892. The lowest BCUT2D eigenvalue weighted by atomic mass is 10.1. The Kier molecular flexibility index (Phi) is 6.10. The van der Waals surface area contributed by atoms with Gasteiger partial charge in [-0.2, -0.15) is 0 Å². The molecule has 2 heterocycles. The van der Waals surface area contributed by atoms with E-state index < -0.39 is 0 Å². The second-order valence-electron chi connectivity index (χ2n) is 7.06. The highest BCUT2D eigenvalue weighted by Gasteiger charge is 2.18. The van der Waals surface area contributed by atoms with Crippen LogP contribution in [-0.2, 0) is 0 Å². The SMILES string of the molecule is Cc1ccc(Sc2nccnc2Oc2ccc(C(=O)N3CCCCC3)cc2)cc1. The number of likely N-dealkylation sites (tertiary alicyclic amines) is 1. The van der Waals surface area contributed by atoms with Gasteiger partial charge < -0.3 is 9.64 Å². The predicted octanol–water partition coefficient (Wildman–Crippen LogP) is 5.35. The van der Waals surface area contributed by atoms with Gasteiger partial charge in [0.25, 0.3) is 11.8 Å². The van der Waals surface area contributed by atoms with Gasteiger partial charge in [-0.25, -0.2) is 9.97 Å². The quantitative estimate of drug-likeness (QED) is 0.572. The molecule has 0 spiro atoms. The van der Waals surface area contributed by atoms with Gasteiger partial charge in [0.2, 0.25) is 0 Å². The van der Waals surface area contributed by atoms with E-state index >= 15 is 0 Å². The summed E-state index contributed by atoms with van der Waals surface area (Å²) in [6, 6.07) is 15.5. The number of hydrogen-bond acceptors (Lipinski definition) is 5. The molecule has 0 aliphatic carbocycles. The van der Waals surface area contributed by atoms with E-state index in [9.17, 15) is 4.79 Å². The molecule has 0 bridgehead atoms. The topological polar surface area (TPSA) is 55.3 Å². The molecule has 2 aromatic carbocycles. The molecule has 1 aliphatic rings. The molecule has 0 saturated carbocycles. The fourth-order valence-corrected chi connectivity index (χ4v) is 4.02. The van der Waals surface area contributed by atoms with E-state index in [-0.39, 0.29) is 5.91 Å². The number of rotatable bonds is 5. The predicted molar refractivity (Wildman–Crippen MR) is 114 cm³/mol. The number of carbonyl (C=O) groups is 1. The summed E-state index contributed by atoms with van der Waals surface area (Å²) in [7, 11) is 0. The zero-order chi connectivity index (χ0) is 20.1. The first-order valence-corrected chi connectivity index (χ1v) is 10.6. The Morgan fingerprint density at radius 1 is 0.931 bits per heavy atom. The van der Waals surface area contributed by atoms with Gasteiger partial charge in [-0.3, -0.25) is 4.79 Å². The van der Waals surface area contributed by atoms with Crippen LogP contribution in [0.2, 0.25) is 0 Å². The molecule has 5 nitrogen and oxygen atoms in total. The van der Waals surface area contributed by atoms with Crippen LogP contribution in [0.4, 0.5) is 0 Å². The number of piperidine rings is 1. The lowest BCUT2D eigenvalue weighted by Crippen LogP contribution is -2.35. The number of hydrogen-bond donors (Lipinski definition) is 0. The van der Waals surface area contributed by atoms with Crippen molar-refractivity contribution in [1.82, 2.24) is 14.9 Å². The van der Waals surface area contributed by atoms with Crippen LogP contribution in [0.1, 0.15) is 35.2 Å². The van der Waals surface area contributed by atoms with Crippen LogP contribution >= 0.6 is 11.8 Å². The second kappa shape index (κ2) is 9.09. The van der Waals surface area contributed by atoms with Crippen molar-refractivity contribution in [1.29, 1.82) is 0 Å². The summed E-state index contributed by atoms with van der Waals surface area (Å²) in [4.78, 5) is 24.4. The van der Waals surface area contributed by atoms with Crippen molar-refractivity contribution in [3.63, 3.8) is 0 Å². The number of amides is 1. The highest BCUT2D eigenvalue weighted by atomic mass is 32.2. The first-order valence-electron chi connectivity index (χ1n) is 9.82. The Morgan fingerprint density at radius 2 is 1.62 bits per heavy atom. The number of benzene rings is 2. The molecule has 148 valence electrons. The van der Waals surface area contributed by atoms with Crippen molar-refractivity contribution in [2.75, 3.05) is 13.1 Å². The van der Waals surface area contributed by atoms with Crippen molar-refractivity contribution in [3.05, 3.63) is 72.1 Å². The summed E-state index contributed by atoms with van der Waals surface area (Å²) < 4.78 is 5.97. The lowest BCUT2D eigenvalue weighted by Gasteiger charge is -2.26. The average molecular weight is 406 g/mol. The number of aromatic nitrogens is 2. The van der Waals surface area contributed by atoms with E-state index in [0.29, 0.717) is 22.2 Å². The normalized spacial score (nSPS) is 13.9. The van der Waals surface area contributed by atoms with Crippen LogP contribution in [-0.4, -0.2) is 33.9 Å². The first-order chi connectivity index (χ1) is 14.2. The van der Waals surface area contributed by atoms with Gasteiger partial charge in [-0.05, 0) is 62.6 Å². The molecular formula is C23H23N3O2S. The van der Waals surface area contributed by atoms with Gasteiger partial charge >= 0.3 is 0 Å². The van der Waals surface area contributed by atoms with Crippen molar-refractivity contribution in [2.24, 2.45) is 0 Å². The number of carbonyl (C=O) groups excluding carboxylic acids is 1. The molecule has 1 amide bonds. The van der Waals surface area contributed by atoms with Crippen molar-refractivity contribution >= 4 is 17.7 Å². The van der Waals surface area contributed by atoms with E-state index in [1.165, 1.54) is 23.7 Å². The highest BCUT2D eigenvalue weighted by Crippen LogP contribution is 2.34. The summed E-state index contributed by atoms with van der Waals surface area (Å²) in [5.74, 6) is 1.17. The molecule has 3 aromatic rings. The molecule has 0 N–H and O–H groups in total. The minimum atomic E-state index is 0.0892. The van der Waals surface area contributed by atoms with E-state index in [1.807, 2.05) is 29.2 Å². The third kappa shape index (κ3) is 4.95. The van der Waals surface area contributed by atoms with Crippen LogP contribution in [0.3, 0.4) is 0 Å². The standard InChI is InChI=1S/C23H23N3O2S/c1-17-5-11-20(12-6-17)29-22-21(24-13-14-25-22)28-19-9-7-18(8-10-19)23(27)26-15-3-2-4-16-26/h5-14H,2-4,15-16H2,1H3. The Bertz CT molecular complexity index is 968. The molecule has 6 heteroatoms. The molecule has 0 atom stereocenters. The maximum Gasteiger partial charge on any atom is 0.253 e. The van der Waals surface area contributed by atoms with Crippen LogP contribution in [0.15, 0.2) is 70.8 Å². The molecule has 0 radical (unpaired) electrons. The van der Waals surface area contributed by atoms with Crippen LogP contribution in [0.5, 0.6) is 11.6 Å². The number of nitrogens with zero attached hydrogens (tertiary/aromatic N) is 3. The summed E-state index contributed by atoms with van der Waals surface area (Å²) >= 11 is 1.51. The van der Waals surface area contributed by atoms with Gasteiger partial charge in [0.15, 0.2) is 5.03 Å². The fourth-order valence-electron chi connectivity index (χ4n) is 3.23. The number of ether oxygens (including phenoxy) is 1. The number of aryl methyl sites for hydroxylation is 1. The van der Waals surface area contributed by atoms with Gasteiger partial charge in [-0.1, -0.05) is 29.5 Å². The van der Waals surface area contributed by atoms with Gasteiger partial charge in [0.05, 0.1) is 0 Å². The molecule has 4 rings (SSSR count). The summed E-state index contributed by atoms with van der Waals surface area (Å²) in [6.45, 7) is 3.75. The smallest absolute Gasteiger partial charge is 0.253 e. The molecule has 29 heavy (non-hydrogen) atoms. The fraction of sp³-hybridized carbons (Fsp3) is 0.261. The van der Waals surface area contributed by atoms with Crippen LogP contribution in [0, 0.1) is 6.92 Å². The Labute approximate surface area is 175 Å². The summed E-state index contributed by atoms with van der Waals surface area (Å²) in [5, 5.41) is 0.699. The third-order valence-corrected chi connectivity index (χ3v) is 5.81. The molecular weight excluding hydrogens is 382 g/mol. The van der Waals surface area contributed by atoms with Crippen molar-refractivity contribution in [3.8, 4) is 11.6 Å². The van der Waals surface area contributed by atoms with Gasteiger partial charge in [0.1, 0.15) is 5.75 Å². The van der Waals surface area contributed by atoms with Gasteiger partial charge in [-0.15, -0.1) is 0 Å². The maximum atomic E-state index is 12.6. The van der Waals surface area contributed by atoms with Gasteiger partial charge in [0, 0.05) is 35.9 Å². The Morgan fingerprint density at radius 3 is 2.34 bits per heavy atom. The lowest BCUT2D eigenvalue weighted by molar-refractivity contribution is 0.0724. The Balaban J connectivity index is 1.46. The monoisotopic (exact) mass is 405 g/mol. The molecule has 0 unspecified atom stereocenters. The van der Waals surface area contributed by atoms with E-state index in [4.69, 9.17) is 4.74 Å². The maximum absolute atomic E-state index is 12.6. The molecule has 1 aromatic heterocycles. The van der Waals surface area contributed by atoms with Crippen LogP contribution in [0.25, 0.3) is 0 Å². The van der Waals surface area contributed by atoms with Crippen molar-refractivity contribution in [2.45, 2.75) is 36.1 Å².